The number of hydrogen-bond donors (Lipinski definition) is 1. The first-order chi connectivity index (χ1) is 13.1. The van der Waals surface area contributed by atoms with E-state index in [0.717, 1.165) is 34.1 Å². The molecule has 2 heterocycles. The van der Waals surface area contributed by atoms with Crippen molar-refractivity contribution in [3.05, 3.63) is 41.5 Å². The predicted molar refractivity (Wildman–Crippen MR) is 107 cm³/mol. The molecule has 0 spiro atoms. The zero-order valence-corrected chi connectivity index (χ0v) is 16.7. The second-order valence-electron chi connectivity index (χ2n) is 6.53. The van der Waals surface area contributed by atoms with Crippen LogP contribution in [0.15, 0.2) is 35.8 Å². The smallest absolute Gasteiger partial charge is 0.225 e. The van der Waals surface area contributed by atoms with Crippen LogP contribution in [0.5, 0.6) is 5.75 Å². The predicted octanol–water partition coefficient (Wildman–Crippen LogP) is 3.55. The van der Waals surface area contributed by atoms with Crippen LogP contribution in [0.2, 0.25) is 0 Å². The summed E-state index contributed by atoms with van der Waals surface area (Å²) in [7, 11) is 1.65. The minimum Gasteiger partial charge on any atom is -0.497 e. The van der Waals surface area contributed by atoms with Gasteiger partial charge in [-0.1, -0.05) is 0 Å². The topological polar surface area (TPSA) is 64.9 Å². The molecule has 0 aliphatic heterocycles. The largest absolute Gasteiger partial charge is 0.497 e. The van der Waals surface area contributed by atoms with E-state index in [0.29, 0.717) is 19.6 Å². The number of imidazole rings is 1. The fourth-order valence-corrected chi connectivity index (χ4v) is 3.58. The lowest BCUT2D eigenvalue weighted by Gasteiger charge is -2.08. The quantitative estimate of drug-likeness (QED) is 0.570. The summed E-state index contributed by atoms with van der Waals surface area (Å²) in [6.07, 6.45) is 3.35. The summed E-state index contributed by atoms with van der Waals surface area (Å²) < 4.78 is 12.7. The van der Waals surface area contributed by atoms with Crippen molar-refractivity contribution in [1.82, 2.24) is 14.7 Å². The summed E-state index contributed by atoms with van der Waals surface area (Å²) >= 11 is 1.54. The van der Waals surface area contributed by atoms with Crippen LogP contribution in [0.1, 0.15) is 26.0 Å². The van der Waals surface area contributed by atoms with Gasteiger partial charge in [0.25, 0.3) is 0 Å². The summed E-state index contributed by atoms with van der Waals surface area (Å²) in [5, 5.41) is 4.94. The van der Waals surface area contributed by atoms with Gasteiger partial charge in [0.05, 0.1) is 25.3 Å². The molecule has 0 atom stereocenters. The van der Waals surface area contributed by atoms with Gasteiger partial charge in [0.1, 0.15) is 5.75 Å². The zero-order valence-electron chi connectivity index (χ0n) is 15.9. The van der Waals surface area contributed by atoms with Crippen LogP contribution in [-0.2, 0) is 16.0 Å². The van der Waals surface area contributed by atoms with E-state index in [-0.39, 0.29) is 12.0 Å². The molecule has 27 heavy (non-hydrogen) atoms. The lowest BCUT2D eigenvalue weighted by molar-refractivity contribution is -0.120. The Morgan fingerprint density at radius 1 is 1.30 bits per heavy atom. The number of nitrogens with one attached hydrogen (secondary N) is 1. The van der Waals surface area contributed by atoms with Gasteiger partial charge in [-0.2, -0.15) is 0 Å². The molecule has 3 rings (SSSR count). The van der Waals surface area contributed by atoms with Crippen LogP contribution in [0.3, 0.4) is 0 Å². The third-order valence-electron chi connectivity index (χ3n) is 4.11. The van der Waals surface area contributed by atoms with Gasteiger partial charge in [-0.15, -0.1) is 11.3 Å². The molecule has 0 radical (unpaired) electrons. The van der Waals surface area contributed by atoms with Gasteiger partial charge in [0, 0.05) is 36.0 Å². The number of aromatic nitrogens is 2. The van der Waals surface area contributed by atoms with Crippen LogP contribution in [0.25, 0.3) is 16.2 Å². The van der Waals surface area contributed by atoms with E-state index in [4.69, 9.17) is 9.47 Å². The number of methoxy groups -OCH3 is 1. The van der Waals surface area contributed by atoms with E-state index in [9.17, 15) is 4.79 Å². The number of thiazole rings is 1. The molecule has 0 saturated carbocycles. The van der Waals surface area contributed by atoms with Gasteiger partial charge in [-0.25, -0.2) is 4.98 Å². The molecule has 0 aliphatic rings. The van der Waals surface area contributed by atoms with Gasteiger partial charge in [0.15, 0.2) is 4.96 Å². The van der Waals surface area contributed by atoms with E-state index in [1.54, 1.807) is 18.4 Å². The monoisotopic (exact) mass is 387 g/mol. The molecule has 144 valence electrons. The van der Waals surface area contributed by atoms with Gasteiger partial charge in [-0.05, 0) is 44.5 Å². The number of carbonyl (C=O) groups excluding carboxylic acids is 1. The lowest BCUT2D eigenvalue weighted by atomic mass is 10.2. The van der Waals surface area contributed by atoms with Crippen LogP contribution < -0.4 is 10.1 Å². The molecule has 7 heteroatoms. The molecule has 0 aliphatic carbocycles. The highest BCUT2D eigenvalue weighted by Crippen LogP contribution is 2.25. The highest BCUT2D eigenvalue weighted by atomic mass is 32.1. The van der Waals surface area contributed by atoms with Gasteiger partial charge >= 0.3 is 0 Å². The van der Waals surface area contributed by atoms with Crippen molar-refractivity contribution < 1.29 is 14.3 Å². The molecule has 1 amide bonds. The Hall–Kier alpha value is -2.38. The molecule has 1 N–H and O–H groups in total. The SMILES string of the molecule is COc1ccc(-c2cn3c(CC(=O)NCCCOC(C)C)csc3n2)cc1. The normalized spacial score (nSPS) is 11.3. The Labute approximate surface area is 163 Å². The standard InChI is InChI=1S/C20H25N3O3S/c1-14(2)26-10-4-9-21-19(24)11-16-13-27-20-22-18(12-23(16)20)15-5-7-17(25-3)8-6-15/h5-8,12-14H,4,9-11H2,1-3H3,(H,21,24). The fourth-order valence-electron chi connectivity index (χ4n) is 2.70. The average molecular weight is 388 g/mol. The second kappa shape index (κ2) is 9.01. The Kier molecular flexibility index (Phi) is 6.47. The van der Waals surface area contributed by atoms with Gasteiger partial charge in [-0.3, -0.25) is 9.20 Å². The highest BCUT2D eigenvalue weighted by molar-refractivity contribution is 7.15. The van der Waals surface area contributed by atoms with E-state index in [2.05, 4.69) is 10.3 Å². The number of amides is 1. The number of ether oxygens (including phenoxy) is 2. The van der Waals surface area contributed by atoms with Crippen molar-refractivity contribution in [1.29, 1.82) is 0 Å². The van der Waals surface area contributed by atoms with Crippen molar-refractivity contribution >= 4 is 22.2 Å². The maximum Gasteiger partial charge on any atom is 0.225 e. The van der Waals surface area contributed by atoms with Gasteiger partial charge < -0.3 is 14.8 Å². The summed E-state index contributed by atoms with van der Waals surface area (Å²) in [5.74, 6) is 0.829. The van der Waals surface area contributed by atoms with Crippen LogP contribution >= 0.6 is 11.3 Å². The minimum absolute atomic E-state index is 0.0129. The summed E-state index contributed by atoms with van der Waals surface area (Å²) in [6, 6.07) is 7.80. The van der Waals surface area contributed by atoms with Crippen LogP contribution in [-0.4, -0.2) is 41.7 Å². The van der Waals surface area contributed by atoms with Gasteiger partial charge in [0.2, 0.25) is 5.91 Å². The van der Waals surface area contributed by atoms with Crippen molar-refractivity contribution in [2.24, 2.45) is 0 Å². The molecule has 3 aromatic rings. The Morgan fingerprint density at radius 3 is 2.78 bits per heavy atom. The fraction of sp³-hybridized carbons (Fsp3) is 0.400. The minimum atomic E-state index is 0.0129. The first kappa shape index (κ1) is 19.4. The van der Waals surface area contributed by atoms with Crippen molar-refractivity contribution in [3.8, 4) is 17.0 Å². The first-order valence-corrected chi connectivity index (χ1v) is 9.93. The van der Waals surface area contributed by atoms with E-state index < -0.39 is 0 Å². The summed E-state index contributed by atoms with van der Waals surface area (Å²) in [5.41, 5.74) is 2.85. The number of nitrogens with zero attached hydrogens (tertiary/aromatic N) is 2. The Bertz CT molecular complexity index is 884. The number of benzene rings is 1. The molecule has 0 bridgehead atoms. The highest BCUT2D eigenvalue weighted by Gasteiger charge is 2.12. The van der Waals surface area contributed by atoms with Crippen molar-refractivity contribution in [2.75, 3.05) is 20.3 Å². The summed E-state index contributed by atoms with van der Waals surface area (Å²) in [6.45, 7) is 5.30. The maximum atomic E-state index is 12.2. The molecule has 1 aromatic carbocycles. The lowest BCUT2D eigenvalue weighted by Crippen LogP contribution is -2.27. The van der Waals surface area contributed by atoms with Crippen molar-refractivity contribution in [3.63, 3.8) is 0 Å². The van der Waals surface area contributed by atoms with Crippen LogP contribution in [0, 0.1) is 0 Å². The van der Waals surface area contributed by atoms with Crippen molar-refractivity contribution in [2.45, 2.75) is 32.8 Å². The second-order valence-corrected chi connectivity index (χ2v) is 7.37. The molecule has 0 unspecified atom stereocenters. The average Bonchev–Trinajstić information content (AvgIpc) is 3.23. The number of fused-ring (bicyclic) bond motifs is 1. The molecule has 0 saturated heterocycles. The van der Waals surface area contributed by atoms with E-state index >= 15 is 0 Å². The number of hydrogen-bond acceptors (Lipinski definition) is 5. The number of rotatable bonds is 9. The molecule has 2 aromatic heterocycles. The molecular formula is C20H25N3O3S. The summed E-state index contributed by atoms with van der Waals surface area (Å²) in [4.78, 5) is 17.7. The first-order valence-electron chi connectivity index (χ1n) is 9.05. The third kappa shape index (κ3) is 5.08. The Morgan fingerprint density at radius 2 is 2.07 bits per heavy atom. The maximum absolute atomic E-state index is 12.2. The third-order valence-corrected chi connectivity index (χ3v) is 4.99. The Balaban J connectivity index is 1.60. The van der Waals surface area contributed by atoms with E-state index in [1.807, 2.05) is 54.1 Å². The number of carbonyl (C=O) groups is 1. The molecule has 6 nitrogen and oxygen atoms in total. The molecule has 0 fully saturated rings. The van der Waals surface area contributed by atoms with E-state index in [1.165, 1.54) is 0 Å². The van der Waals surface area contributed by atoms with Crippen LogP contribution in [0.4, 0.5) is 0 Å². The molecular weight excluding hydrogens is 362 g/mol. The zero-order chi connectivity index (χ0) is 19.2.